The van der Waals surface area contributed by atoms with Gasteiger partial charge in [0.05, 0.1) is 0 Å². The van der Waals surface area contributed by atoms with Crippen molar-refractivity contribution < 1.29 is 9.05 Å². The van der Waals surface area contributed by atoms with E-state index in [0.29, 0.717) is 36.1 Å². The van der Waals surface area contributed by atoms with Crippen LogP contribution in [0.25, 0.3) is 11.6 Å². The van der Waals surface area contributed by atoms with Crippen LogP contribution in [0.15, 0.2) is 15.1 Å². The normalized spacial score (nSPS) is 10.7. The maximum Gasteiger partial charge on any atom is 0.280 e. The summed E-state index contributed by atoms with van der Waals surface area (Å²) in [6.45, 7) is 2.30. The summed E-state index contributed by atoms with van der Waals surface area (Å²) in [6, 6.07) is 1.74. The molecular weight excluding hydrogens is 184 g/mol. The monoisotopic (exact) mass is 194 g/mol. The quantitative estimate of drug-likeness (QED) is 0.766. The van der Waals surface area contributed by atoms with E-state index in [1.165, 1.54) is 0 Å². The third kappa shape index (κ3) is 1.64. The number of nitrogens with two attached hydrogens (primary N) is 1. The van der Waals surface area contributed by atoms with Gasteiger partial charge in [0.25, 0.3) is 5.89 Å². The average Bonchev–Trinajstić information content (AvgIpc) is 2.74. The van der Waals surface area contributed by atoms with Crippen LogP contribution in [-0.4, -0.2) is 21.8 Å². The van der Waals surface area contributed by atoms with Gasteiger partial charge >= 0.3 is 0 Å². The molecule has 74 valence electrons. The van der Waals surface area contributed by atoms with E-state index in [1.807, 2.05) is 0 Å². The Morgan fingerprint density at radius 2 is 2.21 bits per heavy atom. The molecule has 2 N–H and O–H groups in total. The van der Waals surface area contributed by atoms with Crippen LogP contribution in [0.5, 0.6) is 0 Å². The van der Waals surface area contributed by atoms with Crippen LogP contribution in [0.4, 0.5) is 0 Å². The topological polar surface area (TPSA) is 91.0 Å². The molecule has 0 saturated carbocycles. The lowest BCUT2D eigenvalue weighted by molar-refractivity contribution is 0.388. The zero-order valence-corrected chi connectivity index (χ0v) is 7.73. The van der Waals surface area contributed by atoms with Crippen molar-refractivity contribution >= 4 is 0 Å². The molecule has 0 bridgehead atoms. The third-order valence-corrected chi connectivity index (χ3v) is 1.68. The Balaban J connectivity index is 2.24. The molecule has 0 fully saturated rings. The Kier molecular flexibility index (Phi) is 2.28. The maximum atomic E-state index is 5.36. The average molecular weight is 194 g/mol. The SMILES string of the molecule is Cc1cc(-c2nc(CCN)no2)no1. The van der Waals surface area contributed by atoms with E-state index in [0.717, 1.165) is 0 Å². The van der Waals surface area contributed by atoms with Crippen LogP contribution in [0.3, 0.4) is 0 Å². The van der Waals surface area contributed by atoms with E-state index in [2.05, 4.69) is 15.3 Å². The number of rotatable bonds is 3. The first kappa shape index (κ1) is 8.89. The molecule has 0 radical (unpaired) electrons. The Hall–Kier alpha value is -1.69. The molecule has 2 heterocycles. The summed E-state index contributed by atoms with van der Waals surface area (Å²) in [5.41, 5.74) is 5.91. The fourth-order valence-corrected chi connectivity index (χ4v) is 1.06. The lowest BCUT2D eigenvalue weighted by atomic mass is 10.4. The number of nitrogens with zero attached hydrogens (tertiary/aromatic N) is 3. The maximum absolute atomic E-state index is 5.36. The highest BCUT2D eigenvalue weighted by Gasteiger charge is 2.11. The zero-order chi connectivity index (χ0) is 9.97. The predicted molar refractivity (Wildman–Crippen MR) is 47.3 cm³/mol. The molecule has 0 unspecified atom stereocenters. The van der Waals surface area contributed by atoms with E-state index in [9.17, 15) is 0 Å². The van der Waals surface area contributed by atoms with Gasteiger partial charge in [-0.2, -0.15) is 4.98 Å². The summed E-state index contributed by atoms with van der Waals surface area (Å²) in [5, 5.41) is 7.50. The number of aromatic nitrogens is 3. The molecule has 0 amide bonds. The lowest BCUT2D eigenvalue weighted by Crippen LogP contribution is -2.03. The van der Waals surface area contributed by atoms with Crippen molar-refractivity contribution in [3.63, 3.8) is 0 Å². The largest absolute Gasteiger partial charge is 0.361 e. The number of aryl methyl sites for hydroxylation is 1. The molecule has 2 aromatic heterocycles. The van der Waals surface area contributed by atoms with Gasteiger partial charge in [-0.05, 0) is 13.5 Å². The Morgan fingerprint density at radius 3 is 2.86 bits per heavy atom. The predicted octanol–water partition coefficient (Wildman–Crippen LogP) is 0.534. The molecular formula is C8H10N4O2. The third-order valence-electron chi connectivity index (χ3n) is 1.68. The summed E-state index contributed by atoms with van der Waals surface area (Å²) in [4.78, 5) is 4.10. The van der Waals surface area contributed by atoms with Gasteiger partial charge in [-0.1, -0.05) is 10.3 Å². The van der Waals surface area contributed by atoms with Crippen molar-refractivity contribution in [2.45, 2.75) is 13.3 Å². The summed E-state index contributed by atoms with van der Waals surface area (Å²) in [7, 11) is 0. The fraction of sp³-hybridized carbons (Fsp3) is 0.375. The molecule has 0 aromatic carbocycles. The van der Waals surface area contributed by atoms with Crippen molar-refractivity contribution in [3.8, 4) is 11.6 Å². The van der Waals surface area contributed by atoms with Gasteiger partial charge in [0.2, 0.25) is 0 Å². The van der Waals surface area contributed by atoms with Gasteiger partial charge in [0, 0.05) is 12.5 Å². The second-order valence-electron chi connectivity index (χ2n) is 2.88. The molecule has 2 aromatic rings. The van der Waals surface area contributed by atoms with Crippen molar-refractivity contribution in [1.82, 2.24) is 15.3 Å². The van der Waals surface area contributed by atoms with Crippen molar-refractivity contribution in [2.75, 3.05) is 6.54 Å². The van der Waals surface area contributed by atoms with E-state index in [4.69, 9.17) is 14.8 Å². The van der Waals surface area contributed by atoms with E-state index >= 15 is 0 Å². The smallest absolute Gasteiger partial charge is 0.280 e. The highest BCUT2D eigenvalue weighted by Crippen LogP contribution is 2.16. The molecule has 0 aliphatic heterocycles. The first-order chi connectivity index (χ1) is 6.79. The number of hydrogen-bond acceptors (Lipinski definition) is 6. The number of hydrogen-bond donors (Lipinski definition) is 1. The van der Waals surface area contributed by atoms with Gasteiger partial charge in [-0.3, -0.25) is 0 Å². The van der Waals surface area contributed by atoms with Gasteiger partial charge in [-0.15, -0.1) is 0 Å². The molecule has 2 rings (SSSR count). The van der Waals surface area contributed by atoms with Gasteiger partial charge in [0.15, 0.2) is 11.5 Å². The molecule has 0 atom stereocenters. The second kappa shape index (κ2) is 3.59. The van der Waals surface area contributed by atoms with Crippen LogP contribution in [-0.2, 0) is 6.42 Å². The second-order valence-corrected chi connectivity index (χ2v) is 2.88. The van der Waals surface area contributed by atoms with E-state index in [-0.39, 0.29) is 0 Å². The first-order valence-corrected chi connectivity index (χ1v) is 4.26. The van der Waals surface area contributed by atoms with Gasteiger partial charge in [0.1, 0.15) is 5.76 Å². The first-order valence-electron chi connectivity index (χ1n) is 4.26. The summed E-state index contributed by atoms with van der Waals surface area (Å²) in [6.07, 6.45) is 0.598. The minimum atomic E-state index is 0.366. The molecule has 6 nitrogen and oxygen atoms in total. The fourth-order valence-electron chi connectivity index (χ4n) is 1.06. The minimum absolute atomic E-state index is 0.366. The Labute approximate surface area is 80.1 Å². The van der Waals surface area contributed by atoms with Crippen molar-refractivity contribution in [3.05, 3.63) is 17.7 Å². The molecule has 14 heavy (non-hydrogen) atoms. The van der Waals surface area contributed by atoms with Crippen LogP contribution >= 0.6 is 0 Å². The zero-order valence-electron chi connectivity index (χ0n) is 7.73. The lowest BCUT2D eigenvalue weighted by Gasteiger charge is -1.83. The highest BCUT2D eigenvalue weighted by atomic mass is 16.5. The molecule has 0 aliphatic rings. The van der Waals surface area contributed by atoms with Gasteiger partial charge < -0.3 is 14.8 Å². The standard InChI is InChI=1S/C8H10N4O2/c1-5-4-6(11-13-5)8-10-7(2-3-9)12-14-8/h4H,2-3,9H2,1H3. The van der Waals surface area contributed by atoms with Gasteiger partial charge in [-0.25, -0.2) is 0 Å². The minimum Gasteiger partial charge on any atom is -0.361 e. The van der Waals surface area contributed by atoms with E-state index < -0.39 is 0 Å². The molecule has 0 spiro atoms. The summed E-state index contributed by atoms with van der Waals surface area (Å²) in [5.74, 6) is 1.66. The van der Waals surface area contributed by atoms with Crippen molar-refractivity contribution in [2.24, 2.45) is 5.73 Å². The summed E-state index contributed by atoms with van der Waals surface area (Å²) < 4.78 is 9.86. The summed E-state index contributed by atoms with van der Waals surface area (Å²) >= 11 is 0. The van der Waals surface area contributed by atoms with Crippen LogP contribution in [0.1, 0.15) is 11.6 Å². The molecule has 0 aliphatic carbocycles. The Morgan fingerprint density at radius 1 is 1.36 bits per heavy atom. The Bertz CT molecular complexity index is 420. The van der Waals surface area contributed by atoms with Crippen LogP contribution in [0.2, 0.25) is 0 Å². The highest BCUT2D eigenvalue weighted by molar-refractivity contribution is 5.45. The van der Waals surface area contributed by atoms with Crippen LogP contribution < -0.4 is 5.73 Å². The molecule has 6 heteroatoms. The van der Waals surface area contributed by atoms with E-state index in [1.54, 1.807) is 13.0 Å². The van der Waals surface area contributed by atoms with Crippen molar-refractivity contribution in [1.29, 1.82) is 0 Å². The van der Waals surface area contributed by atoms with Crippen LogP contribution in [0, 0.1) is 6.92 Å². The molecule has 0 saturated heterocycles.